The van der Waals surface area contributed by atoms with Crippen LogP contribution >= 0.6 is 0 Å². The quantitative estimate of drug-likeness (QED) is 0.801. The van der Waals surface area contributed by atoms with Crippen LogP contribution in [0.15, 0.2) is 41.5 Å². The van der Waals surface area contributed by atoms with Crippen LogP contribution in [0.1, 0.15) is 16.8 Å². The Morgan fingerprint density at radius 1 is 1.33 bits per heavy atom. The van der Waals surface area contributed by atoms with Crippen LogP contribution in [0.3, 0.4) is 0 Å². The van der Waals surface area contributed by atoms with Gasteiger partial charge in [-0.3, -0.25) is 4.79 Å². The van der Waals surface area contributed by atoms with Gasteiger partial charge in [-0.25, -0.2) is 4.98 Å². The molecule has 3 heteroatoms. The number of hydrogen-bond donors (Lipinski definition) is 1. The van der Waals surface area contributed by atoms with Gasteiger partial charge in [0.05, 0.1) is 12.0 Å². The summed E-state index contributed by atoms with van der Waals surface area (Å²) in [4.78, 5) is 17.7. The Labute approximate surface area is 87.8 Å². The van der Waals surface area contributed by atoms with Crippen molar-refractivity contribution in [2.75, 3.05) is 0 Å². The summed E-state index contributed by atoms with van der Waals surface area (Å²) in [7, 11) is 0. The Bertz CT molecular complexity index is 517. The van der Waals surface area contributed by atoms with Gasteiger partial charge in [-0.1, -0.05) is 29.8 Å². The highest BCUT2D eigenvalue weighted by atomic mass is 16.1. The number of aryl methyl sites for hydroxylation is 1. The molecular weight excluding hydrogens is 188 g/mol. The van der Waals surface area contributed by atoms with Crippen LogP contribution < -0.4 is 5.56 Å². The Balaban J connectivity index is 2.26. The summed E-state index contributed by atoms with van der Waals surface area (Å²) < 4.78 is 0. The molecule has 0 bridgehead atoms. The second kappa shape index (κ2) is 4.09. The van der Waals surface area contributed by atoms with Gasteiger partial charge in [0, 0.05) is 12.5 Å². The molecule has 0 fully saturated rings. The summed E-state index contributed by atoms with van der Waals surface area (Å²) in [5, 5.41) is 0. The number of nitrogens with one attached hydrogen (secondary N) is 1. The van der Waals surface area contributed by atoms with Gasteiger partial charge in [-0.15, -0.1) is 0 Å². The van der Waals surface area contributed by atoms with E-state index in [2.05, 4.69) is 29.0 Å². The molecular formula is C12H12N2O. The van der Waals surface area contributed by atoms with Gasteiger partial charge in [0.1, 0.15) is 0 Å². The fourth-order valence-electron chi connectivity index (χ4n) is 1.54. The maximum Gasteiger partial charge on any atom is 0.250 e. The van der Waals surface area contributed by atoms with E-state index in [9.17, 15) is 4.79 Å². The van der Waals surface area contributed by atoms with E-state index in [4.69, 9.17) is 0 Å². The first-order chi connectivity index (χ1) is 7.24. The molecule has 0 amide bonds. The Morgan fingerprint density at radius 3 is 2.93 bits per heavy atom. The van der Waals surface area contributed by atoms with Crippen LogP contribution in [0.4, 0.5) is 0 Å². The molecule has 3 nitrogen and oxygen atoms in total. The van der Waals surface area contributed by atoms with Crippen molar-refractivity contribution in [3.05, 3.63) is 63.8 Å². The first-order valence-electron chi connectivity index (χ1n) is 4.83. The molecule has 1 N–H and O–H groups in total. The van der Waals surface area contributed by atoms with Crippen molar-refractivity contribution in [3.8, 4) is 0 Å². The van der Waals surface area contributed by atoms with Crippen LogP contribution in [-0.2, 0) is 6.42 Å². The molecule has 0 aliphatic carbocycles. The summed E-state index contributed by atoms with van der Waals surface area (Å²) in [5.41, 5.74) is 3.09. The molecule has 76 valence electrons. The van der Waals surface area contributed by atoms with Crippen LogP contribution in [0.5, 0.6) is 0 Å². The SMILES string of the molecule is Cc1cccc(Cc2cc(=O)[nH]cn2)c1. The molecule has 0 radical (unpaired) electrons. The van der Waals surface area contributed by atoms with Crippen molar-refractivity contribution in [2.45, 2.75) is 13.3 Å². The van der Waals surface area contributed by atoms with Crippen molar-refractivity contribution in [1.29, 1.82) is 0 Å². The monoisotopic (exact) mass is 200 g/mol. The van der Waals surface area contributed by atoms with Crippen molar-refractivity contribution in [3.63, 3.8) is 0 Å². The molecule has 0 aliphatic rings. The fraction of sp³-hybridized carbons (Fsp3) is 0.167. The predicted molar refractivity (Wildman–Crippen MR) is 58.8 cm³/mol. The summed E-state index contributed by atoms with van der Waals surface area (Å²) in [5.74, 6) is 0. The molecule has 1 heterocycles. The zero-order valence-electron chi connectivity index (χ0n) is 8.53. The molecule has 2 aromatic rings. The Morgan fingerprint density at radius 2 is 2.20 bits per heavy atom. The van der Waals surface area contributed by atoms with Crippen LogP contribution in [0.2, 0.25) is 0 Å². The molecule has 0 atom stereocenters. The molecule has 15 heavy (non-hydrogen) atoms. The summed E-state index contributed by atoms with van der Waals surface area (Å²) in [6.45, 7) is 2.05. The normalized spacial score (nSPS) is 10.2. The van der Waals surface area contributed by atoms with Gasteiger partial charge in [0.15, 0.2) is 0 Å². The number of hydrogen-bond acceptors (Lipinski definition) is 2. The smallest absolute Gasteiger partial charge is 0.250 e. The van der Waals surface area contributed by atoms with Crippen LogP contribution in [-0.4, -0.2) is 9.97 Å². The molecule has 0 spiro atoms. The molecule has 0 unspecified atom stereocenters. The lowest BCUT2D eigenvalue weighted by Gasteiger charge is -2.01. The molecule has 1 aromatic heterocycles. The van der Waals surface area contributed by atoms with Gasteiger partial charge < -0.3 is 4.98 Å². The van der Waals surface area contributed by atoms with Gasteiger partial charge in [-0.2, -0.15) is 0 Å². The van der Waals surface area contributed by atoms with Gasteiger partial charge in [0.25, 0.3) is 5.56 Å². The molecule has 0 aliphatic heterocycles. The average molecular weight is 200 g/mol. The fourth-order valence-corrected chi connectivity index (χ4v) is 1.54. The Hall–Kier alpha value is -1.90. The minimum Gasteiger partial charge on any atom is -0.313 e. The third-order valence-electron chi connectivity index (χ3n) is 2.20. The first kappa shape index (κ1) is 9.65. The van der Waals surface area contributed by atoms with E-state index < -0.39 is 0 Å². The van der Waals surface area contributed by atoms with Crippen LogP contribution in [0.25, 0.3) is 0 Å². The second-order valence-corrected chi connectivity index (χ2v) is 3.57. The van der Waals surface area contributed by atoms with E-state index in [0.717, 1.165) is 5.69 Å². The number of aromatic amines is 1. The molecule has 0 saturated carbocycles. The van der Waals surface area contributed by atoms with E-state index in [1.807, 2.05) is 12.1 Å². The van der Waals surface area contributed by atoms with E-state index in [-0.39, 0.29) is 5.56 Å². The van der Waals surface area contributed by atoms with E-state index >= 15 is 0 Å². The molecule has 1 aromatic carbocycles. The van der Waals surface area contributed by atoms with Crippen molar-refractivity contribution >= 4 is 0 Å². The minimum absolute atomic E-state index is 0.104. The first-order valence-corrected chi connectivity index (χ1v) is 4.83. The van der Waals surface area contributed by atoms with Crippen molar-refractivity contribution < 1.29 is 0 Å². The third-order valence-corrected chi connectivity index (χ3v) is 2.20. The summed E-state index contributed by atoms with van der Waals surface area (Å²) >= 11 is 0. The second-order valence-electron chi connectivity index (χ2n) is 3.57. The van der Waals surface area contributed by atoms with E-state index in [0.29, 0.717) is 6.42 Å². The largest absolute Gasteiger partial charge is 0.313 e. The highest BCUT2D eigenvalue weighted by Gasteiger charge is 1.98. The molecule has 0 saturated heterocycles. The van der Waals surface area contributed by atoms with Gasteiger partial charge in [-0.05, 0) is 12.5 Å². The summed E-state index contributed by atoms with van der Waals surface area (Å²) in [6, 6.07) is 9.73. The maximum absolute atomic E-state index is 11.1. The minimum atomic E-state index is -0.104. The lowest BCUT2D eigenvalue weighted by molar-refractivity contribution is 1.00. The maximum atomic E-state index is 11.1. The standard InChI is InChI=1S/C12H12N2O/c1-9-3-2-4-10(5-9)6-11-7-12(15)14-8-13-11/h2-5,7-8H,6H2,1H3,(H,13,14,15). The number of H-pyrrole nitrogens is 1. The van der Waals surface area contributed by atoms with E-state index in [1.165, 1.54) is 23.5 Å². The number of nitrogens with zero attached hydrogens (tertiary/aromatic N) is 1. The number of benzene rings is 1. The number of rotatable bonds is 2. The predicted octanol–water partition coefficient (Wildman–Crippen LogP) is 1.67. The Kier molecular flexibility index (Phi) is 2.63. The third kappa shape index (κ3) is 2.53. The van der Waals surface area contributed by atoms with E-state index in [1.54, 1.807) is 0 Å². The van der Waals surface area contributed by atoms with Crippen molar-refractivity contribution in [2.24, 2.45) is 0 Å². The lowest BCUT2D eigenvalue weighted by Crippen LogP contribution is -2.07. The van der Waals surface area contributed by atoms with Gasteiger partial charge in [0.2, 0.25) is 0 Å². The summed E-state index contributed by atoms with van der Waals surface area (Å²) in [6.07, 6.45) is 2.14. The highest BCUT2D eigenvalue weighted by molar-refractivity contribution is 5.25. The average Bonchev–Trinajstić information content (AvgIpc) is 2.17. The lowest BCUT2D eigenvalue weighted by atomic mass is 10.1. The number of aromatic nitrogens is 2. The van der Waals surface area contributed by atoms with Gasteiger partial charge >= 0.3 is 0 Å². The zero-order valence-corrected chi connectivity index (χ0v) is 8.53. The zero-order chi connectivity index (χ0) is 10.7. The van der Waals surface area contributed by atoms with Crippen LogP contribution in [0, 0.1) is 6.92 Å². The van der Waals surface area contributed by atoms with Crippen molar-refractivity contribution in [1.82, 2.24) is 9.97 Å². The highest BCUT2D eigenvalue weighted by Crippen LogP contribution is 2.07. The molecule has 2 rings (SSSR count). The topological polar surface area (TPSA) is 45.8 Å².